The number of carbonyl (C=O) groups is 1. The smallest absolute Gasteiger partial charge is 0.255 e. The van der Waals surface area contributed by atoms with Crippen LogP contribution in [-0.4, -0.2) is 48.3 Å². The van der Waals surface area contributed by atoms with Crippen molar-refractivity contribution in [2.45, 2.75) is 18.9 Å². The van der Waals surface area contributed by atoms with Gasteiger partial charge in [-0.2, -0.15) is 0 Å². The van der Waals surface area contributed by atoms with E-state index in [1.807, 2.05) is 23.1 Å². The molecule has 20 heavy (non-hydrogen) atoms. The number of amides is 1. The molecule has 1 saturated heterocycles. The Hall–Kier alpha value is -0.180. The predicted octanol–water partition coefficient (Wildman–Crippen LogP) is 2.67. The zero-order chi connectivity index (χ0) is 14.5. The summed E-state index contributed by atoms with van der Waals surface area (Å²) in [7, 11) is 0. The molecular formula is C14H17BrINO3. The summed E-state index contributed by atoms with van der Waals surface area (Å²) in [6.45, 7) is 1.83. The molecule has 4 nitrogen and oxygen atoms in total. The first-order valence-electron chi connectivity index (χ1n) is 6.58. The normalized spacial score (nSPS) is 16.4. The standard InChI is InChI=1S/C14H17BrINO3/c15-13-2-1-10(16)9-12(13)14(19)17-5-3-11(4-6-17)20-8-7-18/h1-2,9,11,18H,3-8H2. The monoisotopic (exact) mass is 453 g/mol. The van der Waals surface area contributed by atoms with Gasteiger partial charge in [-0.1, -0.05) is 0 Å². The van der Waals surface area contributed by atoms with Gasteiger partial charge in [0.05, 0.1) is 24.9 Å². The largest absolute Gasteiger partial charge is 0.394 e. The summed E-state index contributed by atoms with van der Waals surface area (Å²) >= 11 is 5.65. The van der Waals surface area contributed by atoms with Gasteiger partial charge >= 0.3 is 0 Å². The van der Waals surface area contributed by atoms with Crippen molar-refractivity contribution in [2.75, 3.05) is 26.3 Å². The van der Waals surface area contributed by atoms with Crippen LogP contribution in [0.5, 0.6) is 0 Å². The highest BCUT2D eigenvalue weighted by Gasteiger charge is 2.25. The number of aliphatic hydroxyl groups is 1. The number of rotatable bonds is 4. The van der Waals surface area contributed by atoms with Crippen LogP contribution >= 0.6 is 38.5 Å². The summed E-state index contributed by atoms with van der Waals surface area (Å²) in [5.74, 6) is 0.0657. The number of nitrogens with zero attached hydrogens (tertiary/aromatic N) is 1. The molecule has 0 aromatic heterocycles. The van der Waals surface area contributed by atoms with E-state index in [2.05, 4.69) is 38.5 Å². The predicted molar refractivity (Wildman–Crippen MR) is 88.8 cm³/mol. The van der Waals surface area contributed by atoms with E-state index < -0.39 is 0 Å². The lowest BCUT2D eigenvalue weighted by Crippen LogP contribution is -2.41. The van der Waals surface area contributed by atoms with Gasteiger partial charge in [-0.25, -0.2) is 0 Å². The van der Waals surface area contributed by atoms with E-state index in [9.17, 15) is 4.79 Å². The summed E-state index contributed by atoms with van der Waals surface area (Å²) < 4.78 is 7.40. The van der Waals surface area contributed by atoms with Crippen molar-refractivity contribution in [3.8, 4) is 0 Å². The van der Waals surface area contributed by atoms with Crippen molar-refractivity contribution in [3.63, 3.8) is 0 Å². The minimum Gasteiger partial charge on any atom is -0.394 e. The van der Waals surface area contributed by atoms with Gasteiger partial charge in [-0.3, -0.25) is 4.79 Å². The molecule has 1 heterocycles. The van der Waals surface area contributed by atoms with Crippen molar-refractivity contribution < 1.29 is 14.6 Å². The number of aliphatic hydroxyl groups excluding tert-OH is 1. The lowest BCUT2D eigenvalue weighted by molar-refractivity contribution is -0.00555. The SMILES string of the molecule is O=C(c1cc(I)ccc1Br)N1CCC(OCCO)CC1. The molecule has 2 rings (SSSR count). The first kappa shape index (κ1) is 16.2. The highest BCUT2D eigenvalue weighted by atomic mass is 127. The molecule has 1 aromatic rings. The van der Waals surface area contributed by atoms with Crippen molar-refractivity contribution in [1.82, 2.24) is 4.90 Å². The Morgan fingerprint density at radius 1 is 1.45 bits per heavy atom. The number of carbonyl (C=O) groups excluding carboxylic acids is 1. The summed E-state index contributed by atoms with van der Waals surface area (Å²) in [5, 5.41) is 8.75. The Labute approximate surface area is 140 Å². The zero-order valence-electron chi connectivity index (χ0n) is 11.0. The second-order valence-electron chi connectivity index (χ2n) is 4.71. The average Bonchev–Trinajstić information content (AvgIpc) is 2.47. The lowest BCUT2D eigenvalue weighted by atomic mass is 10.1. The highest BCUT2D eigenvalue weighted by molar-refractivity contribution is 14.1. The Balaban J connectivity index is 1.96. The van der Waals surface area contributed by atoms with E-state index in [4.69, 9.17) is 9.84 Å². The van der Waals surface area contributed by atoms with Gasteiger partial charge in [0, 0.05) is 21.1 Å². The number of ether oxygens (including phenoxy) is 1. The van der Waals surface area contributed by atoms with Crippen LogP contribution in [0.15, 0.2) is 22.7 Å². The Kier molecular flexibility index (Phi) is 6.25. The van der Waals surface area contributed by atoms with Crippen LogP contribution in [0, 0.1) is 3.57 Å². The van der Waals surface area contributed by atoms with E-state index in [1.54, 1.807) is 0 Å². The molecule has 1 amide bonds. The maximum absolute atomic E-state index is 12.5. The van der Waals surface area contributed by atoms with Crippen molar-refractivity contribution >= 4 is 44.4 Å². The molecule has 1 N–H and O–H groups in total. The first-order valence-corrected chi connectivity index (χ1v) is 8.46. The lowest BCUT2D eigenvalue weighted by Gasteiger charge is -2.32. The molecular weight excluding hydrogens is 437 g/mol. The number of hydrogen-bond donors (Lipinski definition) is 1. The Morgan fingerprint density at radius 3 is 2.80 bits per heavy atom. The highest BCUT2D eigenvalue weighted by Crippen LogP contribution is 2.23. The molecule has 0 saturated carbocycles. The molecule has 6 heteroatoms. The van der Waals surface area contributed by atoms with Gasteiger partial charge < -0.3 is 14.7 Å². The minimum absolute atomic E-state index is 0.0501. The van der Waals surface area contributed by atoms with Crippen molar-refractivity contribution in [2.24, 2.45) is 0 Å². The van der Waals surface area contributed by atoms with Crippen molar-refractivity contribution in [1.29, 1.82) is 0 Å². The molecule has 110 valence electrons. The van der Waals surface area contributed by atoms with Crippen LogP contribution in [-0.2, 0) is 4.74 Å². The second kappa shape index (κ2) is 7.72. The van der Waals surface area contributed by atoms with E-state index in [1.165, 1.54) is 0 Å². The third kappa shape index (κ3) is 4.16. The van der Waals surface area contributed by atoms with Crippen LogP contribution < -0.4 is 0 Å². The number of piperidine rings is 1. The molecule has 1 fully saturated rings. The summed E-state index contributed by atoms with van der Waals surface area (Å²) in [6, 6.07) is 5.78. The second-order valence-corrected chi connectivity index (χ2v) is 6.81. The molecule has 0 unspecified atom stereocenters. The van der Waals surface area contributed by atoms with Gasteiger partial charge in [0.15, 0.2) is 0 Å². The van der Waals surface area contributed by atoms with Crippen LogP contribution in [0.25, 0.3) is 0 Å². The van der Waals surface area contributed by atoms with Gasteiger partial charge in [0.25, 0.3) is 5.91 Å². The Morgan fingerprint density at radius 2 is 2.15 bits per heavy atom. The summed E-state index contributed by atoms with van der Waals surface area (Å²) in [5.41, 5.74) is 0.714. The molecule has 0 spiro atoms. The molecule has 0 bridgehead atoms. The van der Waals surface area contributed by atoms with Crippen LogP contribution in [0.2, 0.25) is 0 Å². The molecule has 0 aliphatic carbocycles. The van der Waals surface area contributed by atoms with Crippen LogP contribution in [0.3, 0.4) is 0 Å². The summed E-state index contributed by atoms with van der Waals surface area (Å²) in [4.78, 5) is 14.4. The fraction of sp³-hybridized carbons (Fsp3) is 0.500. The molecule has 0 atom stereocenters. The van der Waals surface area contributed by atoms with Crippen LogP contribution in [0.1, 0.15) is 23.2 Å². The zero-order valence-corrected chi connectivity index (χ0v) is 14.8. The summed E-state index contributed by atoms with van der Waals surface area (Å²) in [6.07, 6.45) is 1.81. The molecule has 1 aliphatic rings. The van der Waals surface area contributed by atoms with Crippen LogP contribution in [0.4, 0.5) is 0 Å². The van der Waals surface area contributed by atoms with Gasteiger partial charge in [0.2, 0.25) is 0 Å². The number of likely N-dealkylation sites (tertiary alicyclic amines) is 1. The average molecular weight is 454 g/mol. The fourth-order valence-corrected chi connectivity index (χ4v) is 3.18. The van der Waals surface area contributed by atoms with Gasteiger partial charge in [-0.05, 0) is 69.6 Å². The van der Waals surface area contributed by atoms with E-state index in [-0.39, 0.29) is 18.6 Å². The van der Waals surface area contributed by atoms with Gasteiger partial charge in [-0.15, -0.1) is 0 Å². The van der Waals surface area contributed by atoms with Gasteiger partial charge in [0.1, 0.15) is 0 Å². The minimum atomic E-state index is 0.0501. The Bertz CT molecular complexity index is 475. The van der Waals surface area contributed by atoms with E-state index >= 15 is 0 Å². The third-order valence-corrected chi connectivity index (χ3v) is 4.70. The molecule has 1 aromatic carbocycles. The maximum atomic E-state index is 12.5. The first-order chi connectivity index (χ1) is 9.61. The molecule has 0 radical (unpaired) electrons. The van der Waals surface area contributed by atoms with Crippen molar-refractivity contribution in [3.05, 3.63) is 31.8 Å². The topological polar surface area (TPSA) is 49.8 Å². The number of benzene rings is 1. The molecule has 1 aliphatic heterocycles. The quantitative estimate of drug-likeness (QED) is 0.713. The third-order valence-electron chi connectivity index (χ3n) is 3.33. The fourth-order valence-electron chi connectivity index (χ4n) is 2.28. The maximum Gasteiger partial charge on any atom is 0.255 e. The number of halogens is 2. The number of hydrogen-bond acceptors (Lipinski definition) is 3. The van der Waals surface area contributed by atoms with E-state index in [0.717, 1.165) is 20.9 Å². The van der Waals surface area contributed by atoms with E-state index in [0.29, 0.717) is 25.3 Å².